The van der Waals surface area contributed by atoms with Crippen LogP contribution in [0, 0.1) is 0 Å². The normalized spacial score (nSPS) is 10.1. The number of carboxylic acid groups (broad SMARTS) is 1. The zero-order valence-corrected chi connectivity index (χ0v) is 11.6. The van der Waals surface area contributed by atoms with E-state index in [4.69, 9.17) is 5.11 Å². The molecule has 7 heteroatoms. The molecule has 1 aromatic heterocycles. The van der Waals surface area contributed by atoms with Gasteiger partial charge in [-0.05, 0) is 40.2 Å². The van der Waals surface area contributed by atoms with Gasteiger partial charge in [0, 0.05) is 18.0 Å². The highest BCUT2D eigenvalue weighted by Gasteiger charge is 2.13. The molecule has 1 amide bonds. The van der Waals surface area contributed by atoms with Gasteiger partial charge in [-0.25, -0.2) is 9.78 Å². The van der Waals surface area contributed by atoms with E-state index in [2.05, 4.69) is 26.2 Å². The summed E-state index contributed by atoms with van der Waals surface area (Å²) in [6.45, 7) is 0. The van der Waals surface area contributed by atoms with E-state index < -0.39 is 17.6 Å². The van der Waals surface area contributed by atoms with Gasteiger partial charge in [-0.15, -0.1) is 0 Å². The lowest BCUT2D eigenvalue weighted by molar-refractivity contribution is 0.0693. The number of nitrogens with one attached hydrogen (secondary N) is 1. The number of aromatic hydroxyl groups is 1. The number of hydrogen-bond donors (Lipinski definition) is 3. The van der Waals surface area contributed by atoms with Crippen LogP contribution in [-0.2, 0) is 0 Å². The highest BCUT2D eigenvalue weighted by Crippen LogP contribution is 2.23. The minimum atomic E-state index is -1.24. The van der Waals surface area contributed by atoms with Crippen LogP contribution in [0.1, 0.15) is 20.7 Å². The first-order chi connectivity index (χ1) is 9.49. The Balaban J connectivity index is 2.23. The van der Waals surface area contributed by atoms with Crippen LogP contribution in [0.25, 0.3) is 0 Å². The highest BCUT2D eigenvalue weighted by atomic mass is 79.9. The Bertz CT molecular complexity index is 688. The summed E-state index contributed by atoms with van der Waals surface area (Å²) < 4.78 is 0.392. The topological polar surface area (TPSA) is 99.5 Å². The molecule has 0 bridgehead atoms. The van der Waals surface area contributed by atoms with Crippen LogP contribution >= 0.6 is 15.9 Å². The van der Waals surface area contributed by atoms with Gasteiger partial charge in [-0.1, -0.05) is 0 Å². The monoisotopic (exact) mass is 336 g/mol. The molecule has 0 aliphatic rings. The molecule has 102 valence electrons. The molecule has 6 nitrogen and oxygen atoms in total. The van der Waals surface area contributed by atoms with Crippen LogP contribution in [-0.4, -0.2) is 27.1 Å². The molecule has 0 fully saturated rings. The molecule has 1 aromatic carbocycles. The maximum Gasteiger partial charge on any atom is 0.339 e. The number of halogens is 1. The first-order valence-corrected chi connectivity index (χ1v) is 6.26. The van der Waals surface area contributed by atoms with Gasteiger partial charge in [0.1, 0.15) is 15.9 Å². The maximum absolute atomic E-state index is 12.0. The number of aromatic nitrogens is 1. The van der Waals surface area contributed by atoms with Gasteiger partial charge in [-0.2, -0.15) is 0 Å². The second-order valence-corrected chi connectivity index (χ2v) is 4.58. The number of pyridine rings is 1. The van der Waals surface area contributed by atoms with E-state index in [1.54, 1.807) is 12.1 Å². The third kappa shape index (κ3) is 2.94. The molecular weight excluding hydrogens is 328 g/mol. The average molecular weight is 337 g/mol. The van der Waals surface area contributed by atoms with Gasteiger partial charge in [0.25, 0.3) is 5.91 Å². The van der Waals surface area contributed by atoms with E-state index in [1.165, 1.54) is 24.4 Å². The van der Waals surface area contributed by atoms with Crippen molar-refractivity contribution in [2.45, 2.75) is 0 Å². The van der Waals surface area contributed by atoms with Crippen LogP contribution in [0.5, 0.6) is 5.75 Å². The summed E-state index contributed by atoms with van der Waals surface area (Å²) in [5, 5.41) is 20.9. The standard InChI is InChI=1S/C13H9BrN2O4/c14-11-9(2-1-5-15-11)12(18)16-7-3-4-8(13(19)20)10(17)6-7/h1-6,17H,(H,16,18)(H,19,20). The van der Waals surface area contributed by atoms with Crippen molar-refractivity contribution in [1.82, 2.24) is 4.98 Å². The van der Waals surface area contributed by atoms with E-state index in [0.29, 0.717) is 10.2 Å². The van der Waals surface area contributed by atoms with Crippen molar-refractivity contribution in [3.05, 3.63) is 52.3 Å². The SMILES string of the molecule is O=C(O)c1ccc(NC(=O)c2cccnc2Br)cc1O. The number of amides is 1. The Kier molecular flexibility index (Phi) is 3.99. The molecule has 0 radical (unpaired) electrons. The first-order valence-electron chi connectivity index (χ1n) is 5.47. The lowest BCUT2D eigenvalue weighted by atomic mass is 10.1. The van der Waals surface area contributed by atoms with Gasteiger partial charge >= 0.3 is 5.97 Å². The molecular formula is C13H9BrN2O4. The van der Waals surface area contributed by atoms with Gasteiger partial charge in [0.05, 0.1) is 5.56 Å². The number of nitrogens with zero attached hydrogens (tertiary/aromatic N) is 1. The summed E-state index contributed by atoms with van der Waals surface area (Å²) >= 11 is 3.16. The Morgan fingerprint density at radius 2 is 1.95 bits per heavy atom. The van der Waals surface area contributed by atoms with E-state index in [0.717, 1.165) is 0 Å². The molecule has 0 saturated heterocycles. The number of rotatable bonds is 3. The number of carbonyl (C=O) groups excluding carboxylic acids is 1. The molecule has 2 rings (SSSR count). The predicted octanol–water partition coefficient (Wildman–Crippen LogP) is 2.50. The Morgan fingerprint density at radius 1 is 1.20 bits per heavy atom. The van der Waals surface area contributed by atoms with Gasteiger partial charge in [0.15, 0.2) is 0 Å². The van der Waals surface area contributed by atoms with Gasteiger partial charge < -0.3 is 15.5 Å². The quantitative estimate of drug-likeness (QED) is 0.748. The van der Waals surface area contributed by atoms with E-state index in [9.17, 15) is 14.7 Å². The molecule has 20 heavy (non-hydrogen) atoms. The molecule has 3 N–H and O–H groups in total. The molecule has 0 spiro atoms. The number of carboxylic acids is 1. The van der Waals surface area contributed by atoms with Gasteiger partial charge in [0.2, 0.25) is 0 Å². The minimum absolute atomic E-state index is 0.231. The molecule has 0 aliphatic heterocycles. The third-order valence-electron chi connectivity index (χ3n) is 2.49. The van der Waals surface area contributed by atoms with Crippen molar-refractivity contribution < 1.29 is 19.8 Å². The molecule has 0 atom stereocenters. The average Bonchev–Trinajstić information content (AvgIpc) is 2.38. The molecule has 0 unspecified atom stereocenters. The van der Waals surface area contributed by atoms with Crippen LogP contribution in [0.3, 0.4) is 0 Å². The second kappa shape index (κ2) is 5.70. The summed E-state index contributed by atoms with van der Waals surface area (Å²) in [7, 11) is 0. The van der Waals surface area contributed by atoms with Crippen LogP contribution in [0.4, 0.5) is 5.69 Å². The minimum Gasteiger partial charge on any atom is -0.507 e. The zero-order chi connectivity index (χ0) is 14.7. The lowest BCUT2D eigenvalue weighted by Gasteiger charge is -2.07. The molecule has 1 heterocycles. The fourth-order valence-electron chi connectivity index (χ4n) is 1.54. The third-order valence-corrected chi connectivity index (χ3v) is 3.12. The summed E-state index contributed by atoms with van der Waals surface area (Å²) in [6, 6.07) is 6.98. The summed E-state index contributed by atoms with van der Waals surface area (Å²) in [6.07, 6.45) is 1.54. The number of aromatic carboxylic acids is 1. The van der Waals surface area contributed by atoms with Crippen molar-refractivity contribution in [2.24, 2.45) is 0 Å². The van der Waals surface area contributed by atoms with Crippen molar-refractivity contribution in [3.8, 4) is 5.75 Å². The predicted molar refractivity (Wildman–Crippen MR) is 75.0 cm³/mol. The van der Waals surface area contributed by atoms with Crippen LogP contribution < -0.4 is 5.32 Å². The Hall–Kier alpha value is -2.41. The number of phenols is 1. The lowest BCUT2D eigenvalue weighted by Crippen LogP contribution is -2.13. The number of hydrogen-bond acceptors (Lipinski definition) is 4. The van der Waals surface area contributed by atoms with Crippen molar-refractivity contribution >= 4 is 33.5 Å². The second-order valence-electron chi connectivity index (χ2n) is 3.83. The van der Waals surface area contributed by atoms with Gasteiger partial charge in [-0.3, -0.25) is 4.79 Å². The first kappa shape index (κ1) is 14.0. The number of carbonyl (C=O) groups is 2. The summed E-state index contributed by atoms with van der Waals surface area (Å²) in [5.74, 6) is -2.08. The zero-order valence-electron chi connectivity index (χ0n) is 10.0. The van der Waals surface area contributed by atoms with Crippen LogP contribution in [0.2, 0.25) is 0 Å². The van der Waals surface area contributed by atoms with E-state index in [-0.39, 0.29) is 11.3 Å². The Morgan fingerprint density at radius 3 is 2.55 bits per heavy atom. The van der Waals surface area contributed by atoms with Crippen molar-refractivity contribution in [3.63, 3.8) is 0 Å². The molecule has 2 aromatic rings. The maximum atomic E-state index is 12.0. The molecule has 0 aliphatic carbocycles. The highest BCUT2D eigenvalue weighted by molar-refractivity contribution is 9.10. The molecule has 0 saturated carbocycles. The fraction of sp³-hybridized carbons (Fsp3) is 0. The summed E-state index contributed by atoms with van der Waals surface area (Å²) in [4.78, 5) is 26.7. The smallest absolute Gasteiger partial charge is 0.339 e. The number of anilines is 1. The Labute approximate surface area is 122 Å². The fourth-order valence-corrected chi connectivity index (χ4v) is 1.97. The largest absolute Gasteiger partial charge is 0.507 e. The van der Waals surface area contributed by atoms with E-state index >= 15 is 0 Å². The van der Waals surface area contributed by atoms with Crippen molar-refractivity contribution in [2.75, 3.05) is 5.32 Å². The number of benzene rings is 1. The van der Waals surface area contributed by atoms with Crippen molar-refractivity contribution in [1.29, 1.82) is 0 Å². The summed E-state index contributed by atoms with van der Waals surface area (Å²) in [5.41, 5.74) is 0.383. The van der Waals surface area contributed by atoms with Crippen LogP contribution in [0.15, 0.2) is 41.1 Å². The van der Waals surface area contributed by atoms with E-state index in [1.807, 2.05) is 0 Å².